The number of nitrogens with zero attached hydrogens (tertiary/aromatic N) is 2. The Morgan fingerprint density at radius 2 is 2.00 bits per heavy atom. The number of pyridine rings is 1. The van der Waals surface area contributed by atoms with Gasteiger partial charge in [0.15, 0.2) is 0 Å². The van der Waals surface area contributed by atoms with Crippen LogP contribution in [0, 0.1) is 0 Å². The summed E-state index contributed by atoms with van der Waals surface area (Å²) < 4.78 is 1.94. The van der Waals surface area contributed by atoms with Crippen molar-refractivity contribution in [3.63, 3.8) is 0 Å². The molecule has 2 amide bonds. The molecule has 1 aromatic carbocycles. The minimum absolute atomic E-state index is 0.220. The van der Waals surface area contributed by atoms with Gasteiger partial charge in [-0.2, -0.15) is 0 Å². The highest BCUT2D eigenvalue weighted by Crippen LogP contribution is 2.33. The summed E-state index contributed by atoms with van der Waals surface area (Å²) in [5.74, 6) is -0.494. The number of benzene rings is 1. The van der Waals surface area contributed by atoms with E-state index in [2.05, 4.69) is 10.3 Å². The van der Waals surface area contributed by atoms with Crippen molar-refractivity contribution in [3.8, 4) is 0 Å². The molecule has 0 aliphatic carbocycles. The number of hydrogen-bond acceptors (Lipinski definition) is 4. The standard InChI is InChI=1S/C17H16N4O2/c18-9-10-5-6-12-11-3-1-2-4-13(11)21(16(12)19-10)14-7-8-15(22)20-17(14)23/h1-6,14H,7-9,18H2,(H,20,22,23). The molecule has 116 valence electrons. The van der Waals surface area contributed by atoms with Crippen molar-refractivity contribution in [1.29, 1.82) is 0 Å². The lowest BCUT2D eigenvalue weighted by Crippen LogP contribution is -2.41. The van der Waals surface area contributed by atoms with E-state index >= 15 is 0 Å². The molecule has 0 bridgehead atoms. The molecule has 0 spiro atoms. The normalized spacial score (nSPS) is 18.6. The number of carbonyl (C=O) groups is 2. The lowest BCUT2D eigenvalue weighted by atomic mass is 10.1. The first-order chi connectivity index (χ1) is 11.2. The number of rotatable bonds is 2. The SMILES string of the molecule is NCc1ccc2c3ccccc3n(C3CCC(=O)NC3=O)c2n1. The van der Waals surface area contributed by atoms with Gasteiger partial charge in [-0.05, 0) is 24.6 Å². The van der Waals surface area contributed by atoms with Gasteiger partial charge in [-0.3, -0.25) is 14.9 Å². The smallest absolute Gasteiger partial charge is 0.249 e. The van der Waals surface area contributed by atoms with Gasteiger partial charge in [0.2, 0.25) is 11.8 Å². The van der Waals surface area contributed by atoms with Crippen LogP contribution in [0.3, 0.4) is 0 Å². The summed E-state index contributed by atoms with van der Waals surface area (Å²) in [6, 6.07) is 11.4. The summed E-state index contributed by atoms with van der Waals surface area (Å²) in [6.07, 6.45) is 0.813. The third-order valence-electron chi connectivity index (χ3n) is 4.35. The Hall–Kier alpha value is -2.73. The highest BCUT2D eigenvalue weighted by Gasteiger charge is 2.30. The van der Waals surface area contributed by atoms with Crippen LogP contribution in [0.25, 0.3) is 21.9 Å². The average molecular weight is 308 g/mol. The fourth-order valence-electron chi connectivity index (χ4n) is 3.26. The molecule has 6 nitrogen and oxygen atoms in total. The van der Waals surface area contributed by atoms with E-state index in [-0.39, 0.29) is 11.8 Å². The molecule has 1 aliphatic heterocycles. The summed E-state index contributed by atoms with van der Waals surface area (Å²) >= 11 is 0. The van der Waals surface area contributed by atoms with E-state index in [4.69, 9.17) is 5.73 Å². The second kappa shape index (κ2) is 5.17. The second-order valence-corrected chi connectivity index (χ2v) is 5.73. The van der Waals surface area contributed by atoms with Crippen LogP contribution in [0.15, 0.2) is 36.4 Å². The highest BCUT2D eigenvalue weighted by molar-refractivity contribution is 6.08. The number of nitrogens with two attached hydrogens (primary N) is 1. The van der Waals surface area contributed by atoms with Crippen LogP contribution in [0.1, 0.15) is 24.6 Å². The van der Waals surface area contributed by atoms with Gasteiger partial charge in [-0.1, -0.05) is 18.2 Å². The molecule has 2 aromatic heterocycles. The minimum atomic E-state index is -0.435. The molecular formula is C17H16N4O2. The first kappa shape index (κ1) is 13.9. The number of hydrogen-bond donors (Lipinski definition) is 2. The third-order valence-corrected chi connectivity index (χ3v) is 4.35. The molecule has 3 heterocycles. The van der Waals surface area contributed by atoms with Gasteiger partial charge in [0.05, 0.1) is 11.2 Å². The number of imide groups is 1. The molecule has 4 rings (SSSR count). The number of piperidine rings is 1. The number of amides is 2. The maximum atomic E-state index is 12.3. The number of para-hydroxylation sites is 1. The summed E-state index contributed by atoms with van der Waals surface area (Å²) in [4.78, 5) is 28.4. The van der Waals surface area contributed by atoms with Crippen molar-refractivity contribution in [2.45, 2.75) is 25.4 Å². The van der Waals surface area contributed by atoms with Gasteiger partial charge in [0.1, 0.15) is 11.7 Å². The fraction of sp³-hybridized carbons (Fsp3) is 0.235. The zero-order valence-electron chi connectivity index (χ0n) is 12.5. The molecule has 3 N–H and O–H groups in total. The number of fused-ring (bicyclic) bond motifs is 3. The van der Waals surface area contributed by atoms with Gasteiger partial charge in [0, 0.05) is 23.7 Å². The largest absolute Gasteiger partial charge is 0.325 e. The molecular weight excluding hydrogens is 292 g/mol. The lowest BCUT2D eigenvalue weighted by molar-refractivity contribution is -0.135. The van der Waals surface area contributed by atoms with Gasteiger partial charge in [-0.15, -0.1) is 0 Å². The van der Waals surface area contributed by atoms with Crippen LogP contribution in [0.4, 0.5) is 0 Å². The van der Waals surface area contributed by atoms with E-state index in [9.17, 15) is 9.59 Å². The maximum Gasteiger partial charge on any atom is 0.249 e. The van der Waals surface area contributed by atoms with Crippen molar-refractivity contribution in [1.82, 2.24) is 14.9 Å². The van der Waals surface area contributed by atoms with Crippen molar-refractivity contribution >= 4 is 33.8 Å². The van der Waals surface area contributed by atoms with Crippen LogP contribution < -0.4 is 11.1 Å². The first-order valence-corrected chi connectivity index (χ1v) is 7.61. The van der Waals surface area contributed by atoms with E-state index in [1.807, 2.05) is 41.0 Å². The molecule has 1 fully saturated rings. The molecule has 0 saturated carbocycles. The number of carbonyl (C=O) groups excluding carboxylic acids is 2. The first-order valence-electron chi connectivity index (χ1n) is 7.61. The summed E-state index contributed by atoms with van der Waals surface area (Å²) in [5, 5.41) is 4.46. The Morgan fingerprint density at radius 3 is 2.78 bits per heavy atom. The summed E-state index contributed by atoms with van der Waals surface area (Å²) in [6.45, 7) is 0.340. The summed E-state index contributed by atoms with van der Waals surface area (Å²) in [5.41, 5.74) is 8.17. The predicted molar refractivity (Wildman–Crippen MR) is 86.6 cm³/mol. The van der Waals surface area contributed by atoms with Gasteiger partial charge < -0.3 is 10.3 Å². The monoisotopic (exact) mass is 308 g/mol. The number of aromatic nitrogens is 2. The molecule has 6 heteroatoms. The average Bonchev–Trinajstić information content (AvgIpc) is 2.89. The Balaban J connectivity index is 2.02. The van der Waals surface area contributed by atoms with Crippen molar-refractivity contribution in [3.05, 3.63) is 42.1 Å². The van der Waals surface area contributed by atoms with Crippen molar-refractivity contribution in [2.24, 2.45) is 5.73 Å². The zero-order chi connectivity index (χ0) is 16.0. The third kappa shape index (κ3) is 2.10. The van der Waals surface area contributed by atoms with Gasteiger partial charge in [-0.25, -0.2) is 4.98 Å². The van der Waals surface area contributed by atoms with Crippen LogP contribution in [0.5, 0.6) is 0 Å². The van der Waals surface area contributed by atoms with E-state index in [1.54, 1.807) is 0 Å². The Labute approximate surface area is 132 Å². The molecule has 1 aliphatic rings. The van der Waals surface area contributed by atoms with Crippen LogP contribution in [0.2, 0.25) is 0 Å². The molecule has 1 unspecified atom stereocenters. The lowest BCUT2D eigenvalue weighted by Gasteiger charge is -2.23. The van der Waals surface area contributed by atoms with Crippen LogP contribution in [-0.2, 0) is 16.1 Å². The van der Waals surface area contributed by atoms with Gasteiger partial charge >= 0.3 is 0 Å². The van der Waals surface area contributed by atoms with E-state index in [1.165, 1.54) is 0 Å². The minimum Gasteiger partial charge on any atom is -0.325 e. The molecule has 3 aromatic rings. The van der Waals surface area contributed by atoms with E-state index in [0.717, 1.165) is 27.6 Å². The molecule has 1 saturated heterocycles. The Bertz CT molecular complexity index is 944. The second-order valence-electron chi connectivity index (χ2n) is 5.73. The van der Waals surface area contributed by atoms with Gasteiger partial charge in [0.25, 0.3) is 0 Å². The zero-order valence-corrected chi connectivity index (χ0v) is 12.5. The molecule has 1 atom stereocenters. The quantitative estimate of drug-likeness (QED) is 0.704. The topological polar surface area (TPSA) is 90.0 Å². The fourth-order valence-corrected chi connectivity index (χ4v) is 3.26. The highest BCUT2D eigenvalue weighted by atomic mass is 16.2. The van der Waals surface area contributed by atoms with Crippen molar-refractivity contribution < 1.29 is 9.59 Å². The maximum absolute atomic E-state index is 12.3. The van der Waals surface area contributed by atoms with Crippen molar-refractivity contribution in [2.75, 3.05) is 0 Å². The Morgan fingerprint density at radius 1 is 1.17 bits per heavy atom. The predicted octanol–water partition coefficient (Wildman–Crippen LogP) is 1.63. The van der Waals surface area contributed by atoms with E-state index in [0.29, 0.717) is 19.4 Å². The van der Waals surface area contributed by atoms with Crippen LogP contribution in [-0.4, -0.2) is 21.4 Å². The number of nitrogens with one attached hydrogen (secondary N) is 1. The molecule has 0 radical (unpaired) electrons. The molecule has 23 heavy (non-hydrogen) atoms. The van der Waals surface area contributed by atoms with Crippen LogP contribution >= 0.6 is 0 Å². The Kier molecular flexibility index (Phi) is 3.12. The van der Waals surface area contributed by atoms with E-state index < -0.39 is 6.04 Å². The summed E-state index contributed by atoms with van der Waals surface area (Å²) in [7, 11) is 0.